The van der Waals surface area contributed by atoms with Crippen LogP contribution in [0.15, 0.2) is 192 Å². The molecule has 0 saturated heterocycles. The van der Waals surface area contributed by atoms with Gasteiger partial charge in [0.2, 0.25) is 11.9 Å². The van der Waals surface area contributed by atoms with Crippen LogP contribution < -0.4 is 0 Å². The first kappa shape index (κ1) is 19.7. The predicted molar refractivity (Wildman–Crippen MR) is 232 cm³/mol. The van der Waals surface area contributed by atoms with E-state index in [9.17, 15) is 0 Å². The van der Waals surface area contributed by atoms with Crippen molar-refractivity contribution < 1.29 is 26.3 Å². The van der Waals surface area contributed by atoms with E-state index >= 15 is 0 Å². The maximum atomic E-state index is 9.16. The Hall–Kier alpha value is -7.83. The van der Waals surface area contributed by atoms with Crippen LogP contribution in [-0.2, 0) is 0 Å². The van der Waals surface area contributed by atoms with Crippen LogP contribution in [0.25, 0.3) is 111 Å². The van der Waals surface area contributed by atoms with Gasteiger partial charge in [0, 0.05) is 37.9 Å². The highest BCUT2D eigenvalue weighted by molar-refractivity contribution is 6.13. The van der Waals surface area contributed by atoms with Crippen LogP contribution in [-0.4, -0.2) is 24.1 Å². The molecule has 0 unspecified atom stereocenters. The van der Waals surface area contributed by atoms with Crippen molar-refractivity contribution in [2.45, 2.75) is 0 Å². The van der Waals surface area contributed by atoms with Gasteiger partial charge in [-0.2, -0.15) is 15.0 Å². The maximum Gasteiger partial charge on any atom is 0.240 e. The van der Waals surface area contributed by atoms with Gasteiger partial charge in [0.15, 0.2) is 5.82 Å². The van der Waals surface area contributed by atoms with Gasteiger partial charge in [-0.3, -0.25) is 9.13 Å². The summed E-state index contributed by atoms with van der Waals surface area (Å²) in [6.07, 6.45) is 0. The molecular formula is C51H31N5O. The standard InChI is InChI=1S/C51H31N5O/c1-6-18-42-37(12-1)38-13-2-7-19-43(38)55(42)50-52-49(53-51(54-50)56-44-20-8-3-14-39(44)40-15-4-9-21-45(40)56)35-30-26-33(27-31-35)32-24-28-34(29-25-32)36-17-11-23-47-48(36)41-16-5-10-22-46(41)57-47/h1-31H/i1D,2D,3D,4D,6D,7D,8D,9D,12D,13D,14D,15D,18D,19D,20D,21D. The average Bonchev–Trinajstić information content (AvgIpc) is 4.10. The number of furan rings is 1. The van der Waals surface area contributed by atoms with Crippen LogP contribution in [0.2, 0.25) is 0 Å². The molecule has 0 spiro atoms. The van der Waals surface area contributed by atoms with Gasteiger partial charge in [0.25, 0.3) is 0 Å². The van der Waals surface area contributed by atoms with Crippen molar-refractivity contribution in [2.75, 3.05) is 0 Å². The van der Waals surface area contributed by atoms with E-state index in [1.165, 1.54) is 0 Å². The molecule has 0 amide bonds. The minimum absolute atomic E-state index is 0.143. The van der Waals surface area contributed by atoms with Crippen molar-refractivity contribution in [2.24, 2.45) is 0 Å². The minimum atomic E-state index is -0.698. The van der Waals surface area contributed by atoms with Crippen LogP contribution >= 0.6 is 0 Å². The molecule has 6 nitrogen and oxygen atoms in total. The number of rotatable bonds is 5. The van der Waals surface area contributed by atoms with E-state index in [2.05, 4.69) is 0 Å². The molecule has 8 aromatic carbocycles. The van der Waals surface area contributed by atoms with Crippen molar-refractivity contribution >= 4 is 65.6 Å². The Morgan fingerprint density at radius 1 is 0.386 bits per heavy atom. The summed E-state index contributed by atoms with van der Waals surface area (Å²) in [5, 5.41) is 0.943. The molecule has 0 N–H and O–H groups in total. The molecule has 57 heavy (non-hydrogen) atoms. The Morgan fingerprint density at radius 3 is 1.35 bits per heavy atom. The highest BCUT2D eigenvalue weighted by atomic mass is 16.3. The Morgan fingerprint density at radius 2 is 0.825 bits per heavy atom. The first-order valence-corrected chi connectivity index (χ1v) is 17.8. The largest absolute Gasteiger partial charge is 0.456 e. The summed E-state index contributed by atoms with van der Waals surface area (Å²) in [6, 6.07) is 18.3. The molecule has 0 aliphatic carbocycles. The van der Waals surface area contributed by atoms with Crippen molar-refractivity contribution in [1.29, 1.82) is 0 Å². The lowest BCUT2D eigenvalue weighted by Gasteiger charge is -2.13. The minimum Gasteiger partial charge on any atom is -0.456 e. The van der Waals surface area contributed by atoms with Crippen LogP contribution in [0.4, 0.5) is 0 Å². The molecule has 0 fully saturated rings. The number of hydrogen-bond donors (Lipinski definition) is 0. The van der Waals surface area contributed by atoms with Crippen LogP contribution in [0.5, 0.6) is 0 Å². The fraction of sp³-hybridized carbons (Fsp3) is 0. The summed E-state index contributed by atoms with van der Waals surface area (Å²) < 4.78 is 150. The van der Waals surface area contributed by atoms with Gasteiger partial charge >= 0.3 is 0 Å². The van der Waals surface area contributed by atoms with Gasteiger partial charge in [-0.25, -0.2) is 0 Å². The molecular weight excluding hydrogens is 699 g/mol. The van der Waals surface area contributed by atoms with E-state index < -0.39 is 109 Å². The van der Waals surface area contributed by atoms with Gasteiger partial charge in [-0.05, 0) is 58.6 Å². The third kappa shape index (κ3) is 4.87. The molecule has 12 rings (SSSR count). The molecule has 0 saturated carbocycles. The lowest BCUT2D eigenvalue weighted by Crippen LogP contribution is -2.10. The maximum absolute atomic E-state index is 9.16. The molecule has 0 aliphatic heterocycles. The zero-order valence-electron chi connectivity index (χ0n) is 45.3. The van der Waals surface area contributed by atoms with E-state index in [-0.39, 0.29) is 49.4 Å². The zero-order valence-corrected chi connectivity index (χ0v) is 29.3. The highest BCUT2D eigenvalue weighted by Crippen LogP contribution is 2.38. The molecule has 4 heterocycles. The van der Waals surface area contributed by atoms with Gasteiger partial charge < -0.3 is 4.42 Å². The number of fused-ring (bicyclic) bond motifs is 9. The summed E-state index contributed by atoms with van der Waals surface area (Å²) in [4.78, 5) is 14.4. The molecule has 4 aromatic heterocycles. The van der Waals surface area contributed by atoms with Gasteiger partial charge in [0.05, 0.1) is 44.0 Å². The number of nitrogens with zero attached hydrogens (tertiary/aromatic N) is 5. The third-order valence-corrected chi connectivity index (χ3v) is 10.2. The topological polar surface area (TPSA) is 61.7 Å². The second-order valence-corrected chi connectivity index (χ2v) is 13.3. The Kier molecular flexibility index (Phi) is 4.26. The Balaban J connectivity index is 1.12. The van der Waals surface area contributed by atoms with E-state index in [0.29, 0.717) is 5.56 Å². The molecule has 0 radical (unpaired) electrons. The molecule has 266 valence electrons. The number of hydrogen-bond acceptors (Lipinski definition) is 4. The number of benzene rings is 8. The summed E-state index contributed by atoms with van der Waals surface area (Å²) >= 11 is 0. The van der Waals surface area contributed by atoms with Crippen molar-refractivity contribution in [3.63, 3.8) is 0 Å². The molecule has 0 aliphatic rings. The number of aromatic nitrogens is 5. The third-order valence-electron chi connectivity index (χ3n) is 10.2. The lowest BCUT2D eigenvalue weighted by molar-refractivity contribution is 0.669. The summed E-state index contributed by atoms with van der Waals surface area (Å²) in [5.41, 5.74) is 4.16. The van der Waals surface area contributed by atoms with E-state index in [1.54, 1.807) is 24.3 Å². The summed E-state index contributed by atoms with van der Waals surface area (Å²) in [7, 11) is 0. The quantitative estimate of drug-likeness (QED) is 0.176. The Bertz CT molecular complexity index is 4120. The molecule has 6 heteroatoms. The van der Waals surface area contributed by atoms with Crippen molar-refractivity contribution in [1.82, 2.24) is 24.1 Å². The smallest absolute Gasteiger partial charge is 0.240 e. The normalized spacial score (nSPS) is 15.8. The lowest BCUT2D eigenvalue weighted by atomic mass is 9.96. The van der Waals surface area contributed by atoms with E-state index in [0.717, 1.165) is 53.3 Å². The first-order valence-electron chi connectivity index (χ1n) is 25.8. The van der Waals surface area contributed by atoms with Crippen LogP contribution in [0, 0.1) is 0 Å². The average molecular weight is 746 g/mol. The first-order chi connectivity index (χ1) is 34.9. The number of para-hydroxylation sites is 5. The molecule has 12 aromatic rings. The van der Waals surface area contributed by atoms with Crippen LogP contribution in [0.1, 0.15) is 21.9 Å². The van der Waals surface area contributed by atoms with E-state index in [1.807, 2.05) is 66.7 Å². The molecule has 0 atom stereocenters. The Labute approximate surface area is 349 Å². The second kappa shape index (κ2) is 12.3. The summed E-state index contributed by atoms with van der Waals surface area (Å²) in [5.74, 6) is -1.07. The van der Waals surface area contributed by atoms with Crippen molar-refractivity contribution in [3.05, 3.63) is 188 Å². The van der Waals surface area contributed by atoms with Crippen LogP contribution in [0.3, 0.4) is 0 Å². The monoisotopic (exact) mass is 745 g/mol. The van der Waals surface area contributed by atoms with Gasteiger partial charge in [-0.1, -0.05) is 151 Å². The SMILES string of the molecule is [2H]c1c([2H])c([2H])c2c(c1[2H])c1c([2H])c([2H])c([2H])c([2H])c1n2-c1nc(-c2ccc(-c3ccc(-c4cccc5oc6ccccc6c45)cc3)cc2)nc(-n2c3c([2H])c([2H])c([2H])c([2H])c3c3c([2H])c([2H])c([2H])c([2H])c32)n1. The predicted octanol–water partition coefficient (Wildman–Crippen LogP) is 13.0. The fourth-order valence-corrected chi connectivity index (χ4v) is 7.59. The van der Waals surface area contributed by atoms with Gasteiger partial charge in [0.1, 0.15) is 11.2 Å². The zero-order chi connectivity index (χ0) is 51.4. The van der Waals surface area contributed by atoms with E-state index in [4.69, 9.17) is 41.3 Å². The summed E-state index contributed by atoms with van der Waals surface area (Å²) in [6.45, 7) is 0. The van der Waals surface area contributed by atoms with Crippen molar-refractivity contribution in [3.8, 4) is 45.5 Å². The molecule has 0 bridgehead atoms. The fourth-order valence-electron chi connectivity index (χ4n) is 7.59. The second-order valence-electron chi connectivity index (χ2n) is 13.3. The highest BCUT2D eigenvalue weighted by Gasteiger charge is 2.20. The van der Waals surface area contributed by atoms with Gasteiger partial charge in [-0.15, -0.1) is 0 Å².